The van der Waals surface area contributed by atoms with Crippen molar-refractivity contribution in [3.05, 3.63) is 16.1 Å². The van der Waals surface area contributed by atoms with Crippen molar-refractivity contribution in [2.45, 2.75) is 32.6 Å². The Morgan fingerprint density at radius 2 is 2.19 bits per heavy atom. The average molecular weight is 311 g/mol. The highest BCUT2D eigenvalue weighted by molar-refractivity contribution is 7.11. The van der Waals surface area contributed by atoms with Crippen LogP contribution in [0, 0.1) is 5.92 Å². The lowest BCUT2D eigenvalue weighted by Crippen LogP contribution is -2.45. The van der Waals surface area contributed by atoms with E-state index in [-0.39, 0.29) is 11.9 Å². The van der Waals surface area contributed by atoms with Crippen LogP contribution in [0.1, 0.15) is 29.7 Å². The minimum atomic E-state index is -0.759. The molecule has 0 unspecified atom stereocenters. The van der Waals surface area contributed by atoms with Crippen LogP contribution >= 0.6 is 11.3 Å². The zero-order valence-electron chi connectivity index (χ0n) is 12.2. The van der Waals surface area contributed by atoms with Gasteiger partial charge in [-0.3, -0.25) is 4.79 Å². The van der Waals surface area contributed by atoms with Gasteiger partial charge in [0.2, 0.25) is 0 Å². The average Bonchev–Trinajstić information content (AvgIpc) is 2.95. The number of aliphatic carboxylic acids is 1. The summed E-state index contributed by atoms with van der Waals surface area (Å²) in [5.74, 6) is -1.07. The van der Waals surface area contributed by atoms with E-state index >= 15 is 0 Å². The quantitative estimate of drug-likeness (QED) is 0.868. The molecule has 0 bridgehead atoms. The molecule has 1 aromatic heterocycles. The number of aryl methyl sites for hydroxylation is 1. The van der Waals surface area contributed by atoms with Crippen LogP contribution in [-0.4, -0.2) is 46.6 Å². The number of urea groups is 1. The van der Waals surface area contributed by atoms with Crippen LogP contribution < -0.4 is 5.32 Å². The lowest BCUT2D eigenvalue weighted by atomic mass is 9.97. The number of hydrogen-bond donors (Lipinski definition) is 2. The molecule has 1 aromatic rings. The molecule has 2 N–H and O–H groups in total. The normalized spacial score (nSPS) is 16.0. The van der Waals surface area contributed by atoms with Crippen LogP contribution in [0.2, 0.25) is 0 Å². The highest BCUT2D eigenvalue weighted by Crippen LogP contribution is 2.17. The van der Waals surface area contributed by atoms with Gasteiger partial charge < -0.3 is 15.3 Å². The standard InChI is InChI=1S/C14H21N3O3S/c1-2-11-9-16-12(21-11)3-6-15-14(20)17-7-4-10(5-8-17)13(18)19/h9-10H,2-8H2,1H3,(H,15,20)(H,18,19). The SMILES string of the molecule is CCc1cnc(CCNC(=O)N2CCC(C(=O)O)CC2)s1. The number of amides is 2. The third kappa shape index (κ3) is 4.42. The molecule has 0 aliphatic carbocycles. The van der Waals surface area contributed by atoms with Crippen molar-refractivity contribution in [1.29, 1.82) is 0 Å². The zero-order valence-corrected chi connectivity index (χ0v) is 13.0. The predicted molar refractivity (Wildman–Crippen MR) is 80.5 cm³/mol. The Labute approximate surface area is 128 Å². The highest BCUT2D eigenvalue weighted by atomic mass is 32.1. The summed E-state index contributed by atoms with van der Waals surface area (Å²) in [6.07, 6.45) is 4.69. The summed E-state index contributed by atoms with van der Waals surface area (Å²) in [6, 6.07) is -0.105. The van der Waals surface area contributed by atoms with E-state index in [1.807, 2.05) is 6.20 Å². The molecule has 1 aliphatic heterocycles. The summed E-state index contributed by atoms with van der Waals surface area (Å²) >= 11 is 1.68. The van der Waals surface area contributed by atoms with Gasteiger partial charge in [0.15, 0.2) is 0 Å². The summed E-state index contributed by atoms with van der Waals surface area (Å²) in [5, 5.41) is 12.8. The molecule has 21 heavy (non-hydrogen) atoms. The summed E-state index contributed by atoms with van der Waals surface area (Å²) in [6.45, 7) is 3.69. The van der Waals surface area contributed by atoms with E-state index in [1.54, 1.807) is 16.2 Å². The van der Waals surface area contributed by atoms with E-state index in [1.165, 1.54) is 4.88 Å². The molecule has 0 radical (unpaired) electrons. The summed E-state index contributed by atoms with van der Waals surface area (Å²) in [7, 11) is 0. The number of nitrogens with one attached hydrogen (secondary N) is 1. The van der Waals surface area contributed by atoms with E-state index in [9.17, 15) is 9.59 Å². The minimum Gasteiger partial charge on any atom is -0.481 e. The maximum atomic E-state index is 12.0. The fourth-order valence-corrected chi connectivity index (χ4v) is 3.21. The van der Waals surface area contributed by atoms with Crippen molar-refractivity contribution in [2.75, 3.05) is 19.6 Å². The Hall–Kier alpha value is -1.63. The van der Waals surface area contributed by atoms with Crippen LogP contribution in [0.5, 0.6) is 0 Å². The number of likely N-dealkylation sites (tertiary alicyclic amines) is 1. The molecule has 1 saturated heterocycles. The Morgan fingerprint density at radius 1 is 1.48 bits per heavy atom. The van der Waals surface area contributed by atoms with E-state index < -0.39 is 5.97 Å². The number of carbonyl (C=O) groups is 2. The summed E-state index contributed by atoms with van der Waals surface area (Å²) in [5.41, 5.74) is 0. The van der Waals surface area contributed by atoms with Gasteiger partial charge in [0, 0.05) is 37.1 Å². The second-order valence-corrected chi connectivity index (χ2v) is 6.36. The molecule has 7 heteroatoms. The van der Waals surface area contributed by atoms with Crippen LogP contribution in [-0.2, 0) is 17.6 Å². The molecule has 0 spiro atoms. The molecule has 0 saturated carbocycles. The second kappa shape index (κ2) is 7.40. The van der Waals surface area contributed by atoms with Crippen molar-refractivity contribution in [3.8, 4) is 0 Å². The molecule has 1 fully saturated rings. The molecule has 0 atom stereocenters. The number of nitrogens with zero attached hydrogens (tertiary/aromatic N) is 2. The largest absolute Gasteiger partial charge is 0.481 e. The summed E-state index contributed by atoms with van der Waals surface area (Å²) in [4.78, 5) is 30.1. The Kier molecular flexibility index (Phi) is 5.55. The molecule has 116 valence electrons. The van der Waals surface area contributed by atoms with E-state index in [0.717, 1.165) is 17.8 Å². The first kappa shape index (κ1) is 15.8. The Balaban J connectivity index is 1.69. The molecule has 1 aliphatic rings. The topological polar surface area (TPSA) is 82.5 Å². The van der Waals surface area contributed by atoms with Crippen molar-refractivity contribution in [1.82, 2.24) is 15.2 Å². The number of rotatable bonds is 5. The van der Waals surface area contributed by atoms with E-state index in [4.69, 9.17) is 5.11 Å². The molecule has 2 rings (SSSR count). The van der Waals surface area contributed by atoms with Gasteiger partial charge in [-0.15, -0.1) is 11.3 Å². The van der Waals surface area contributed by atoms with Crippen molar-refractivity contribution < 1.29 is 14.7 Å². The lowest BCUT2D eigenvalue weighted by Gasteiger charge is -2.30. The number of carbonyl (C=O) groups excluding carboxylic acids is 1. The van der Waals surface area contributed by atoms with Gasteiger partial charge in [0.1, 0.15) is 0 Å². The molecule has 0 aromatic carbocycles. The van der Waals surface area contributed by atoms with Crippen LogP contribution in [0.25, 0.3) is 0 Å². The fraction of sp³-hybridized carbons (Fsp3) is 0.643. The van der Waals surface area contributed by atoms with Gasteiger partial charge in [0.25, 0.3) is 0 Å². The number of thiazole rings is 1. The van der Waals surface area contributed by atoms with Crippen molar-refractivity contribution in [2.24, 2.45) is 5.92 Å². The smallest absolute Gasteiger partial charge is 0.317 e. The van der Waals surface area contributed by atoms with Gasteiger partial charge in [-0.25, -0.2) is 9.78 Å². The van der Waals surface area contributed by atoms with Crippen molar-refractivity contribution in [3.63, 3.8) is 0 Å². The highest BCUT2D eigenvalue weighted by Gasteiger charge is 2.26. The summed E-state index contributed by atoms with van der Waals surface area (Å²) < 4.78 is 0. The third-order valence-electron chi connectivity index (χ3n) is 3.70. The number of hydrogen-bond acceptors (Lipinski definition) is 4. The first-order valence-corrected chi connectivity index (χ1v) is 8.11. The first-order valence-electron chi connectivity index (χ1n) is 7.29. The van der Waals surface area contributed by atoms with Gasteiger partial charge in [-0.1, -0.05) is 6.92 Å². The van der Waals surface area contributed by atoms with Gasteiger partial charge in [-0.05, 0) is 19.3 Å². The van der Waals surface area contributed by atoms with Crippen molar-refractivity contribution >= 4 is 23.3 Å². The molecule has 2 heterocycles. The van der Waals surface area contributed by atoms with Gasteiger partial charge >= 0.3 is 12.0 Å². The Bertz CT molecular complexity index is 495. The molecular formula is C14H21N3O3S. The number of carboxylic acids is 1. The van der Waals surface area contributed by atoms with Gasteiger partial charge in [-0.2, -0.15) is 0 Å². The fourth-order valence-electron chi connectivity index (χ4n) is 2.34. The lowest BCUT2D eigenvalue weighted by molar-refractivity contribution is -0.143. The maximum Gasteiger partial charge on any atom is 0.317 e. The molecule has 2 amide bonds. The third-order valence-corrected chi connectivity index (χ3v) is 4.90. The first-order chi connectivity index (χ1) is 10.1. The predicted octanol–water partition coefficient (Wildman–Crippen LogP) is 1.75. The number of aromatic nitrogens is 1. The maximum absolute atomic E-state index is 12.0. The van der Waals surface area contributed by atoms with E-state index in [0.29, 0.717) is 32.5 Å². The minimum absolute atomic E-state index is 0.105. The zero-order chi connectivity index (χ0) is 15.2. The number of carboxylic acid groups (broad SMARTS) is 1. The van der Waals surface area contributed by atoms with Gasteiger partial charge in [0.05, 0.1) is 10.9 Å². The molecule has 6 nitrogen and oxygen atoms in total. The second-order valence-electron chi connectivity index (χ2n) is 5.16. The van der Waals surface area contributed by atoms with Crippen LogP contribution in [0.15, 0.2) is 6.20 Å². The van der Waals surface area contributed by atoms with E-state index in [2.05, 4.69) is 17.2 Å². The van der Waals surface area contributed by atoms with Crippen LogP contribution in [0.3, 0.4) is 0 Å². The molecular weight excluding hydrogens is 290 g/mol. The Morgan fingerprint density at radius 3 is 2.76 bits per heavy atom. The van der Waals surface area contributed by atoms with Crippen LogP contribution in [0.4, 0.5) is 4.79 Å². The number of piperidine rings is 1. The monoisotopic (exact) mass is 311 g/mol.